The molecule has 3 heteroatoms. The van der Waals surface area contributed by atoms with E-state index in [0.29, 0.717) is 5.89 Å². The van der Waals surface area contributed by atoms with E-state index in [-0.39, 0.29) is 5.41 Å². The quantitative estimate of drug-likeness (QED) is 0.677. The first kappa shape index (κ1) is 16.3. The fourth-order valence-electron chi connectivity index (χ4n) is 2.69. The first-order chi connectivity index (χ1) is 11.4. The molecular formula is C21H24N2O. The second-order valence-corrected chi connectivity index (χ2v) is 7.09. The number of nitrogens with one attached hydrogen (secondary N) is 1. The van der Waals surface area contributed by atoms with E-state index in [4.69, 9.17) is 4.42 Å². The van der Waals surface area contributed by atoms with Crippen LogP contribution in [0, 0.1) is 6.92 Å². The zero-order valence-corrected chi connectivity index (χ0v) is 15.0. The minimum Gasteiger partial charge on any atom is -0.436 e. The monoisotopic (exact) mass is 320 g/mol. The fraction of sp³-hybridized carbons (Fsp3) is 0.286. The Balaban J connectivity index is 1.93. The van der Waals surface area contributed by atoms with Crippen molar-refractivity contribution < 1.29 is 4.42 Å². The molecule has 0 aliphatic carbocycles. The minimum atomic E-state index is 0.144. The predicted octanol–water partition coefficient (Wildman–Crippen LogP) is 5.66. The van der Waals surface area contributed by atoms with Crippen molar-refractivity contribution >= 4 is 5.69 Å². The number of anilines is 1. The molecule has 0 saturated carbocycles. The molecule has 3 nitrogen and oxygen atoms in total. The summed E-state index contributed by atoms with van der Waals surface area (Å²) in [6, 6.07) is 16.6. The Kier molecular flexibility index (Phi) is 4.18. The molecule has 124 valence electrons. The zero-order chi connectivity index (χ0) is 17.3. The number of aromatic nitrogens is 1. The zero-order valence-electron chi connectivity index (χ0n) is 15.0. The van der Waals surface area contributed by atoms with E-state index in [1.54, 1.807) is 0 Å². The second-order valence-electron chi connectivity index (χ2n) is 7.09. The number of oxazole rings is 1. The van der Waals surface area contributed by atoms with Crippen LogP contribution >= 0.6 is 0 Å². The highest BCUT2D eigenvalue weighted by Crippen LogP contribution is 2.31. The SMILES string of the molecule is CNc1ccc(-c2oc(-c3ccc(C(C)(C)C)cc3)nc2C)cc1. The van der Waals surface area contributed by atoms with Crippen LogP contribution in [0.5, 0.6) is 0 Å². The minimum absolute atomic E-state index is 0.144. The van der Waals surface area contributed by atoms with Crippen LogP contribution < -0.4 is 5.32 Å². The maximum absolute atomic E-state index is 6.05. The van der Waals surface area contributed by atoms with E-state index in [1.807, 2.05) is 38.2 Å². The molecule has 0 fully saturated rings. The third-order valence-electron chi connectivity index (χ3n) is 4.23. The number of rotatable bonds is 3. The van der Waals surface area contributed by atoms with Crippen LogP contribution in [0.25, 0.3) is 22.8 Å². The van der Waals surface area contributed by atoms with Crippen molar-refractivity contribution in [3.8, 4) is 22.8 Å². The van der Waals surface area contributed by atoms with Gasteiger partial charge in [0.25, 0.3) is 0 Å². The molecule has 1 N–H and O–H groups in total. The van der Waals surface area contributed by atoms with Crippen molar-refractivity contribution in [2.45, 2.75) is 33.1 Å². The van der Waals surface area contributed by atoms with E-state index in [2.05, 4.69) is 55.3 Å². The molecule has 0 radical (unpaired) electrons. The van der Waals surface area contributed by atoms with Crippen LogP contribution in [-0.4, -0.2) is 12.0 Å². The van der Waals surface area contributed by atoms with Gasteiger partial charge in [-0.3, -0.25) is 0 Å². The molecule has 1 heterocycles. The summed E-state index contributed by atoms with van der Waals surface area (Å²) in [5, 5.41) is 3.12. The number of benzene rings is 2. The van der Waals surface area contributed by atoms with Gasteiger partial charge in [-0.05, 0) is 54.3 Å². The Labute approximate surface area is 143 Å². The molecule has 0 spiro atoms. The summed E-state index contributed by atoms with van der Waals surface area (Å²) in [5.41, 5.74) is 5.47. The van der Waals surface area contributed by atoms with Crippen LogP contribution in [0.15, 0.2) is 52.9 Å². The number of nitrogens with zero attached hydrogens (tertiary/aromatic N) is 1. The lowest BCUT2D eigenvalue weighted by Crippen LogP contribution is -2.10. The topological polar surface area (TPSA) is 38.1 Å². The standard InChI is InChI=1S/C21H24N2O/c1-14-19(15-8-12-18(22-5)13-9-15)24-20(23-14)16-6-10-17(11-7-16)21(2,3)4/h6-13,22H,1-5H3. The highest BCUT2D eigenvalue weighted by atomic mass is 16.4. The third kappa shape index (κ3) is 3.21. The molecule has 2 aromatic carbocycles. The van der Waals surface area contributed by atoms with Gasteiger partial charge in [0.2, 0.25) is 5.89 Å². The summed E-state index contributed by atoms with van der Waals surface area (Å²) in [6.07, 6.45) is 0. The number of hydrogen-bond donors (Lipinski definition) is 1. The Hall–Kier alpha value is -2.55. The molecule has 0 atom stereocenters. The van der Waals surface area contributed by atoms with E-state index in [0.717, 1.165) is 28.3 Å². The maximum atomic E-state index is 6.05. The maximum Gasteiger partial charge on any atom is 0.226 e. The average molecular weight is 320 g/mol. The average Bonchev–Trinajstić information content (AvgIpc) is 2.96. The molecule has 0 aliphatic rings. The van der Waals surface area contributed by atoms with Gasteiger partial charge in [0.05, 0.1) is 5.69 Å². The van der Waals surface area contributed by atoms with E-state index >= 15 is 0 Å². The molecule has 3 aromatic rings. The van der Waals surface area contributed by atoms with E-state index < -0.39 is 0 Å². The Bertz CT molecular complexity index is 822. The van der Waals surface area contributed by atoms with Gasteiger partial charge in [-0.2, -0.15) is 0 Å². The molecule has 0 bridgehead atoms. The Morgan fingerprint density at radius 1 is 0.875 bits per heavy atom. The molecule has 0 amide bonds. The second kappa shape index (κ2) is 6.16. The van der Waals surface area contributed by atoms with Crippen LogP contribution in [0.1, 0.15) is 32.0 Å². The molecule has 24 heavy (non-hydrogen) atoms. The summed E-state index contributed by atoms with van der Waals surface area (Å²) >= 11 is 0. The summed E-state index contributed by atoms with van der Waals surface area (Å²) in [4.78, 5) is 4.61. The normalized spacial score (nSPS) is 11.5. The van der Waals surface area contributed by atoms with Crippen molar-refractivity contribution in [1.82, 2.24) is 4.98 Å². The van der Waals surface area contributed by atoms with Crippen LogP contribution in [0.2, 0.25) is 0 Å². The largest absolute Gasteiger partial charge is 0.436 e. The lowest BCUT2D eigenvalue weighted by atomic mass is 9.87. The smallest absolute Gasteiger partial charge is 0.226 e. The van der Waals surface area contributed by atoms with Crippen molar-refractivity contribution in [3.63, 3.8) is 0 Å². The van der Waals surface area contributed by atoms with Gasteiger partial charge < -0.3 is 9.73 Å². The third-order valence-corrected chi connectivity index (χ3v) is 4.23. The summed E-state index contributed by atoms with van der Waals surface area (Å²) in [6.45, 7) is 8.62. The molecule has 1 aromatic heterocycles. The lowest BCUT2D eigenvalue weighted by molar-refractivity contribution is 0.584. The highest BCUT2D eigenvalue weighted by molar-refractivity contribution is 5.66. The van der Waals surface area contributed by atoms with Crippen molar-refractivity contribution in [2.24, 2.45) is 0 Å². The van der Waals surface area contributed by atoms with Crippen LogP contribution in [-0.2, 0) is 5.41 Å². The summed E-state index contributed by atoms with van der Waals surface area (Å²) in [5.74, 6) is 1.49. The van der Waals surface area contributed by atoms with Crippen LogP contribution in [0.4, 0.5) is 5.69 Å². The van der Waals surface area contributed by atoms with Gasteiger partial charge in [-0.25, -0.2) is 4.98 Å². The molecule has 0 aliphatic heterocycles. The Morgan fingerprint density at radius 3 is 2.00 bits per heavy atom. The van der Waals surface area contributed by atoms with Gasteiger partial charge >= 0.3 is 0 Å². The number of aryl methyl sites for hydroxylation is 1. The lowest BCUT2D eigenvalue weighted by Gasteiger charge is -2.18. The molecular weight excluding hydrogens is 296 g/mol. The Morgan fingerprint density at radius 2 is 1.46 bits per heavy atom. The van der Waals surface area contributed by atoms with Gasteiger partial charge in [0.1, 0.15) is 0 Å². The van der Waals surface area contributed by atoms with Gasteiger partial charge in [-0.1, -0.05) is 32.9 Å². The highest BCUT2D eigenvalue weighted by Gasteiger charge is 2.16. The van der Waals surface area contributed by atoms with Crippen molar-refractivity contribution in [2.75, 3.05) is 12.4 Å². The molecule has 3 rings (SSSR count). The summed E-state index contributed by atoms with van der Waals surface area (Å²) < 4.78 is 6.05. The molecule has 0 saturated heterocycles. The number of hydrogen-bond acceptors (Lipinski definition) is 3. The molecule has 0 unspecified atom stereocenters. The van der Waals surface area contributed by atoms with E-state index in [9.17, 15) is 0 Å². The van der Waals surface area contributed by atoms with Crippen LogP contribution in [0.3, 0.4) is 0 Å². The summed E-state index contributed by atoms with van der Waals surface area (Å²) in [7, 11) is 1.91. The van der Waals surface area contributed by atoms with Gasteiger partial charge in [0.15, 0.2) is 5.76 Å². The van der Waals surface area contributed by atoms with Gasteiger partial charge in [-0.15, -0.1) is 0 Å². The van der Waals surface area contributed by atoms with Crippen molar-refractivity contribution in [1.29, 1.82) is 0 Å². The van der Waals surface area contributed by atoms with E-state index in [1.165, 1.54) is 5.56 Å². The van der Waals surface area contributed by atoms with Crippen molar-refractivity contribution in [3.05, 3.63) is 59.8 Å². The van der Waals surface area contributed by atoms with Gasteiger partial charge in [0, 0.05) is 23.9 Å². The predicted molar refractivity (Wildman–Crippen MR) is 100 cm³/mol. The first-order valence-corrected chi connectivity index (χ1v) is 8.25. The first-order valence-electron chi connectivity index (χ1n) is 8.25. The fourth-order valence-corrected chi connectivity index (χ4v) is 2.69.